The lowest BCUT2D eigenvalue weighted by Crippen LogP contribution is -2.12. The number of rotatable bonds is 3. The summed E-state index contributed by atoms with van der Waals surface area (Å²) in [5, 5.41) is 11.1. The summed E-state index contributed by atoms with van der Waals surface area (Å²) in [6.07, 6.45) is 4.12. The number of nitriles is 1. The highest BCUT2D eigenvalue weighted by molar-refractivity contribution is 5.55. The van der Waals surface area contributed by atoms with Crippen LogP contribution in [0.2, 0.25) is 0 Å². The van der Waals surface area contributed by atoms with E-state index in [9.17, 15) is 0 Å². The maximum atomic E-state index is 8.06. The molecule has 48 valence electrons. The number of hydrogen-bond acceptors (Lipinski definition) is 2. The normalized spacial score (nSPS) is 17.7. The van der Waals surface area contributed by atoms with Gasteiger partial charge in [0.2, 0.25) is 0 Å². The minimum Gasteiger partial charge on any atom is -0.374 e. The van der Waals surface area contributed by atoms with E-state index < -0.39 is 0 Å². The zero-order chi connectivity index (χ0) is 6.53. The maximum Gasteiger partial charge on any atom is 0.127 e. The maximum absolute atomic E-state index is 8.06. The highest BCUT2D eigenvalue weighted by Crippen LogP contribution is 2.17. The molecular weight excluding hydrogens is 114 g/mol. The molecule has 0 atom stereocenters. The molecule has 1 aliphatic rings. The first-order valence-electron chi connectivity index (χ1n) is 3.05. The Labute approximate surface area is 54.4 Å². The zero-order valence-corrected chi connectivity index (χ0v) is 5.17. The molecule has 0 aromatic carbocycles. The Bertz CT molecular complexity index is 141. The van der Waals surface area contributed by atoms with Crippen LogP contribution in [0.5, 0.6) is 0 Å². The van der Waals surface area contributed by atoms with Gasteiger partial charge in [0.1, 0.15) is 6.54 Å². The van der Waals surface area contributed by atoms with Gasteiger partial charge >= 0.3 is 0 Å². The Morgan fingerprint density at radius 2 is 2.56 bits per heavy atom. The molecule has 0 bridgehead atoms. The predicted molar refractivity (Wildman–Crippen MR) is 35.1 cm³/mol. The zero-order valence-electron chi connectivity index (χ0n) is 5.17. The molecule has 1 fully saturated rings. The molecule has 3 heteroatoms. The van der Waals surface area contributed by atoms with Crippen molar-refractivity contribution >= 4 is 6.34 Å². The predicted octanol–water partition coefficient (Wildman–Crippen LogP) is 0.290. The van der Waals surface area contributed by atoms with E-state index in [1.807, 2.05) is 6.07 Å². The monoisotopic (exact) mass is 123 g/mol. The average molecular weight is 123 g/mol. The number of hydrogen-bond donors (Lipinski definition) is 1. The molecule has 0 amide bonds. The second kappa shape index (κ2) is 3.08. The number of nitrogens with zero attached hydrogens (tertiary/aromatic N) is 2. The molecule has 1 saturated carbocycles. The second-order valence-corrected chi connectivity index (χ2v) is 2.07. The van der Waals surface area contributed by atoms with Gasteiger partial charge in [-0.2, -0.15) is 5.26 Å². The van der Waals surface area contributed by atoms with Crippen LogP contribution in [0.4, 0.5) is 0 Å². The topological polar surface area (TPSA) is 48.2 Å². The van der Waals surface area contributed by atoms with E-state index in [0.29, 0.717) is 6.04 Å². The van der Waals surface area contributed by atoms with Gasteiger partial charge in [-0.05, 0) is 12.8 Å². The van der Waals surface area contributed by atoms with Crippen molar-refractivity contribution in [3.05, 3.63) is 0 Å². The van der Waals surface area contributed by atoms with E-state index in [0.717, 1.165) is 0 Å². The van der Waals surface area contributed by atoms with Crippen molar-refractivity contribution in [2.45, 2.75) is 18.9 Å². The summed E-state index contributed by atoms with van der Waals surface area (Å²) < 4.78 is 0. The summed E-state index contributed by atoms with van der Waals surface area (Å²) in [5.74, 6) is 0. The highest BCUT2D eigenvalue weighted by Gasteiger charge is 2.18. The van der Waals surface area contributed by atoms with Gasteiger partial charge in [-0.25, -0.2) is 0 Å². The van der Waals surface area contributed by atoms with Gasteiger partial charge in [-0.15, -0.1) is 0 Å². The third-order valence-corrected chi connectivity index (χ3v) is 1.14. The molecule has 1 rings (SSSR count). The van der Waals surface area contributed by atoms with E-state index in [2.05, 4.69) is 10.3 Å². The van der Waals surface area contributed by atoms with Crippen LogP contribution >= 0.6 is 0 Å². The quantitative estimate of drug-likeness (QED) is 0.333. The third-order valence-electron chi connectivity index (χ3n) is 1.14. The smallest absolute Gasteiger partial charge is 0.127 e. The van der Waals surface area contributed by atoms with E-state index in [4.69, 9.17) is 5.26 Å². The lowest BCUT2D eigenvalue weighted by molar-refractivity contribution is 0.921. The van der Waals surface area contributed by atoms with Crippen molar-refractivity contribution in [3.63, 3.8) is 0 Å². The Kier molecular flexibility index (Phi) is 2.08. The second-order valence-electron chi connectivity index (χ2n) is 2.07. The molecule has 1 aliphatic carbocycles. The van der Waals surface area contributed by atoms with Crippen LogP contribution in [-0.2, 0) is 0 Å². The SMILES string of the molecule is N#CCN=CNC1CC1. The molecule has 0 aromatic heterocycles. The minimum absolute atomic E-state index is 0.264. The van der Waals surface area contributed by atoms with Gasteiger partial charge in [0.15, 0.2) is 0 Å². The number of nitrogens with one attached hydrogen (secondary N) is 1. The first-order valence-corrected chi connectivity index (χ1v) is 3.05. The third kappa shape index (κ3) is 2.70. The molecular formula is C6H9N3. The van der Waals surface area contributed by atoms with Crippen LogP contribution in [0.15, 0.2) is 4.99 Å². The van der Waals surface area contributed by atoms with Crippen LogP contribution in [0, 0.1) is 11.3 Å². The molecule has 0 radical (unpaired) electrons. The van der Waals surface area contributed by atoms with Crippen molar-refractivity contribution in [3.8, 4) is 6.07 Å². The Morgan fingerprint density at radius 3 is 3.11 bits per heavy atom. The molecule has 0 heterocycles. The van der Waals surface area contributed by atoms with E-state index in [1.54, 1.807) is 6.34 Å². The first kappa shape index (κ1) is 6.09. The van der Waals surface area contributed by atoms with Crippen molar-refractivity contribution in [1.29, 1.82) is 5.26 Å². The van der Waals surface area contributed by atoms with Gasteiger partial charge in [0.25, 0.3) is 0 Å². The van der Waals surface area contributed by atoms with Crippen LogP contribution in [-0.4, -0.2) is 18.9 Å². The standard InChI is InChI=1S/C6H9N3/c7-3-4-8-5-9-6-1-2-6/h5-6H,1-2,4H2,(H,8,9). The summed E-state index contributed by atoms with van der Waals surface area (Å²) in [7, 11) is 0. The van der Waals surface area contributed by atoms with Gasteiger partial charge in [0, 0.05) is 6.04 Å². The fourth-order valence-corrected chi connectivity index (χ4v) is 0.495. The Morgan fingerprint density at radius 1 is 1.78 bits per heavy atom. The molecule has 0 unspecified atom stereocenters. The fraction of sp³-hybridized carbons (Fsp3) is 0.667. The Hall–Kier alpha value is -1.04. The van der Waals surface area contributed by atoms with Crippen LogP contribution < -0.4 is 5.32 Å². The molecule has 9 heavy (non-hydrogen) atoms. The Balaban J connectivity index is 1.96. The minimum atomic E-state index is 0.264. The largest absolute Gasteiger partial charge is 0.374 e. The summed E-state index contributed by atoms with van der Waals surface area (Å²) >= 11 is 0. The highest BCUT2D eigenvalue weighted by atomic mass is 15.0. The molecule has 3 nitrogen and oxygen atoms in total. The van der Waals surface area contributed by atoms with Crippen LogP contribution in [0.1, 0.15) is 12.8 Å². The van der Waals surface area contributed by atoms with Crippen molar-refractivity contribution in [2.75, 3.05) is 6.54 Å². The van der Waals surface area contributed by atoms with E-state index in [1.165, 1.54) is 12.8 Å². The summed E-state index contributed by atoms with van der Waals surface area (Å²) in [5.41, 5.74) is 0. The number of aliphatic imine (C=N–C) groups is 1. The van der Waals surface area contributed by atoms with Crippen LogP contribution in [0.25, 0.3) is 0 Å². The first-order chi connectivity index (χ1) is 4.43. The molecule has 0 spiro atoms. The summed E-state index contributed by atoms with van der Waals surface area (Å²) in [6.45, 7) is 0.264. The molecule has 0 aromatic rings. The van der Waals surface area contributed by atoms with Gasteiger partial charge in [-0.3, -0.25) is 4.99 Å². The van der Waals surface area contributed by atoms with Gasteiger partial charge < -0.3 is 5.32 Å². The molecule has 0 aliphatic heterocycles. The van der Waals surface area contributed by atoms with Crippen molar-refractivity contribution in [2.24, 2.45) is 4.99 Å². The van der Waals surface area contributed by atoms with Crippen LogP contribution in [0.3, 0.4) is 0 Å². The molecule has 0 saturated heterocycles. The van der Waals surface area contributed by atoms with E-state index in [-0.39, 0.29) is 6.54 Å². The lowest BCUT2D eigenvalue weighted by Gasteiger charge is -1.89. The average Bonchev–Trinajstić information content (AvgIpc) is 2.63. The van der Waals surface area contributed by atoms with Gasteiger partial charge in [-0.1, -0.05) is 0 Å². The van der Waals surface area contributed by atoms with E-state index >= 15 is 0 Å². The van der Waals surface area contributed by atoms with Crippen molar-refractivity contribution in [1.82, 2.24) is 5.32 Å². The lowest BCUT2D eigenvalue weighted by atomic mass is 10.7. The van der Waals surface area contributed by atoms with Crippen molar-refractivity contribution < 1.29 is 0 Å². The fourth-order valence-electron chi connectivity index (χ4n) is 0.495. The molecule has 1 N–H and O–H groups in total. The van der Waals surface area contributed by atoms with Gasteiger partial charge in [0.05, 0.1) is 12.4 Å². The summed E-state index contributed by atoms with van der Waals surface area (Å²) in [6, 6.07) is 2.57. The summed E-state index contributed by atoms with van der Waals surface area (Å²) in [4.78, 5) is 3.77.